The first-order valence-electron chi connectivity index (χ1n) is 6.23. The first-order valence-corrected chi connectivity index (χ1v) is 8.58. The molecule has 0 fully saturated rings. The molecule has 0 amide bonds. The Labute approximate surface area is 134 Å². The predicted octanol–water partition coefficient (Wildman–Crippen LogP) is 2.60. The lowest BCUT2D eigenvalue weighted by molar-refractivity contribution is 0.466. The molecular weight excluding hydrogens is 333 g/mol. The predicted molar refractivity (Wildman–Crippen MR) is 83.1 cm³/mol. The number of hydrogen-bond donors (Lipinski definition) is 0. The minimum atomic E-state index is -3.60. The number of sulfonamides is 1. The average Bonchev–Trinajstić information content (AvgIpc) is 2.91. The Balaban J connectivity index is 2.20. The van der Waals surface area contributed by atoms with Crippen LogP contribution in [0.4, 0.5) is 0 Å². The Morgan fingerprint density at radius 2 is 2.05 bits per heavy atom. The minimum Gasteiger partial charge on any atom is -0.270 e. The Kier molecular flexibility index (Phi) is 5.27. The molecule has 5 nitrogen and oxygen atoms in total. The molecule has 1 heterocycles. The largest absolute Gasteiger partial charge is 0.270 e. The van der Waals surface area contributed by atoms with Gasteiger partial charge in [-0.25, -0.2) is 8.42 Å². The maximum Gasteiger partial charge on any atom is 0.246 e. The Bertz CT molecular complexity index is 716. The number of nitrogens with zero attached hydrogens (tertiary/aromatic N) is 3. The Morgan fingerprint density at radius 3 is 2.71 bits per heavy atom. The van der Waals surface area contributed by atoms with E-state index in [-0.39, 0.29) is 11.4 Å². The zero-order chi connectivity index (χ0) is 15.5. The molecular formula is C13H15Cl2N3O2S. The van der Waals surface area contributed by atoms with Gasteiger partial charge >= 0.3 is 0 Å². The van der Waals surface area contributed by atoms with Crippen LogP contribution >= 0.6 is 23.2 Å². The van der Waals surface area contributed by atoms with Crippen LogP contribution < -0.4 is 0 Å². The van der Waals surface area contributed by atoms with Crippen LogP contribution in [-0.4, -0.2) is 35.4 Å². The smallest absolute Gasteiger partial charge is 0.246 e. The molecule has 1 aromatic heterocycles. The third-order valence-electron chi connectivity index (χ3n) is 2.98. The lowest BCUT2D eigenvalue weighted by atomic mass is 10.2. The summed E-state index contributed by atoms with van der Waals surface area (Å²) in [5.74, 6) is 0.372. The summed E-state index contributed by atoms with van der Waals surface area (Å²) in [6, 6.07) is 7.15. The standard InChI is InChI=1S/C13H15Cl2N3O2S/c1-17(9-11-4-2-3-5-13(11)15)21(19,20)12-8-16-18(10-12)7-6-14/h2-5,8,10H,6-7,9H2,1H3. The van der Waals surface area contributed by atoms with E-state index >= 15 is 0 Å². The number of rotatable bonds is 6. The highest BCUT2D eigenvalue weighted by Crippen LogP contribution is 2.20. The normalized spacial score (nSPS) is 12.0. The number of aryl methyl sites for hydroxylation is 1. The zero-order valence-electron chi connectivity index (χ0n) is 11.4. The van der Waals surface area contributed by atoms with E-state index in [1.54, 1.807) is 18.2 Å². The second-order valence-corrected chi connectivity index (χ2v) is 7.31. The molecule has 0 bridgehead atoms. The molecule has 0 aliphatic carbocycles. The van der Waals surface area contributed by atoms with Crippen molar-refractivity contribution in [3.63, 3.8) is 0 Å². The van der Waals surface area contributed by atoms with Crippen molar-refractivity contribution in [3.05, 3.63) is 47.2 Å². The molecule has 0 radical (unpaired) electrons. The van der Waals surface area contributed by atoms with E-state index in [1.165, 1.54) is 28.4 Å². The van der Waals surface area contributed by atoms with Gasteiger partial charge in [0.1, 0.15) is 4.90 Å². The molecule has 2 aromatic rings. The second kappa shape index (κ2) is 6.79. The summed E-state index contributed by atoms with van der Waals surface area (Å²) < 4.78 is 27.7. The monoisotopic (exact) mass is 347 g/mol. The van der Waals surface area contributed by atoms with E-state index in [4.69, 9.17) is 23.2 Å². The van der Waals surface area contributed by atoms with Crippen molar-refractivity contribution in [2.24, 2.45) is 0 Å². The highest BCUT2D eigenvalue weighted by Gasteiger charge is 2.23. The van der Waals surface area contributed by atoms with Crippen molar-refractivity contribution in [2.45, 2.75) is 18.0 Å². The van der Waals surface area contributed by atoms with Crippen LogP contribution in [0.2, 0.25) is 5.02 Å². The second-order valence-electron chi connectivity index (χ2n) is 4.48. The van der Waals surface area contributed by atoms with Gasteiger partial charge in [0.15, 0.2) is 0 Å². The van der Waals surface area contributed by atoms with Crippen molar-refractivity contribution >= 4 is 33.2 Å². The van der Waals surface area contributed by atoms with Gasteiger partial charge in [-0.2, -0.15) is 9.40 Å². The molecule has 8 heteroatoms. The maximum atomic E-state index is 12.5. The molecule has 0 aliphatic heterocycles. The van der Waals surface area contributed by atoms with Crippen LogP contribution in [0.5, 0.6) is 0 Å². The number of aromatic nitrogens is 2. The van der Waals surface area contributed by atoms with E-state index in [0.29, 0.717) is 17.4 Å². The summed E-state index contributed by atoms with van der Waals surface area (Å²) >= 11 is 11.7. The van der Waals surface area contributed by atoms with E-state index in [1.807, 2.05) is 6.07 Å². The molecule has 114 valence electrons. The Hall–Kier alpha value is -1.08. The van der Waals surface area contributed by atoms with Gasteiger partial charge in [-0.15, -0.1) is 11.6 Å². The molecule has 21 heavy (non-hydrogen) atoms. The van der Waals surface area contributed by atoms with Crippen LogP contribution in [0, 0.1) is 0 Å². The van der Waals surface area contributed by atoms with Gasteiger partial charge in [-0.05, 0) is 11.6 Å². The molecule has 0 spiro atoms. The highest BCUT2D eigenvalue weighted by molar-refractivity contribution is 7.89. The number of alkyl halides is 1. The quantitative estimate of drug-likeness (QED) is 0.754. The summed E-state index contributed by atoms with van der Waals surface area (Å²) in [6.07, 6.45) is 2.80. The molecule has 2 rings (SSSR count). The van der Waals surface area contributed by atoms with Crippen LogP contribution in [0.1, 0.15) is 5.56 Å². The fourth-order valence-electron chi connectivity index (χ4n) is 1.82. The average molecular weight is 348 g/mol. The van der Waals surface area contributed by atoms with E-state index in [2.05, 4.69) is 5.10 Å². The van der Waals surface area contributed by atoms with Gasteiger partial charge in [0.05, 0.1) is 12.7 Å². The molecule has 0 saturated carbocycles. The summed E-state index contributed by atoms with van der Waals surface area (Å²) in [5, 5.41) is 4.52. The van der Waals surface area contributed by atoms with Gasteiger partial charge in [0.2, 0.25) is 10.0 Å². The molecule has 0 aliphatic rings. The molecule has 1 aromatic carbocycles. The van der Waals surface area contributed by atoms with Gasteiger partial charge < -0.3 is 0 Å². The lowest BCUT2D eigenvalue weighted by Gasteiger charge is -2.16. The number of hydrogen-bond acceptors (Lipinski definition) is 3. The number of halogens is 2. The van der Waals surface area contributed by atoms with Crippen LogP contribution in [-0.2, 0) is 23.1 Å². The van der Waals surface area contributed by atoms with Crippen molar-refractivity contribution in [1.82, 2.24) is 14.1 Å². The first-order chi connectivity index (χ1) is 9.95. The lowest BCUT2D eigenvalue weighted by Crippen LogP contribution is -2.26. The van der Waals surface area contributed by atoms with Gasteiger partial charge in [-0.1, -0.05) is 29.8 Å². The fourth-order valence-corrected chi connectivity index (χ4v) is 3.29. The number of benzene rings is 1. The topological polar surface area (TPSA) is 55.2 Å². The van der Waals surface area contributed by atoms with Crippen LogP contribution in [0.25, 0.3) is 0 Å². The minimum absolute atomic E-state index is 0.141. The van der Waals surface area contributed by atoms with Crippen molar-refractivity contribution < 1.29 is 8.42 Å². The van der Waals surface area contributed by atoms with Crippen molar-refractivity contribution in [3.8, 4) is 0 Å². The summed E-state index contributed by atoms with van der Waals surface area (Å²) in [7, 11) is -2.09. The SMILES string of the molecule is CN(Cc1ccccc1Cl)S(=O)(=O)c1cnn(CCCl)c1. The molecule has 0 unspecified atom stereocenters. The summed E-state index contributed by atoms with van der Waals surface area (Å²) in [6.45, 7) is 0.661. The molecule has 0 saturated heterocycles. The third-order valence-corrected chi connectivity index (χ3v) is 5.28. The first kappa shape index (κ1) is 16.3. The molecule has 0 N–H and O–H groups in total. The van der Waals surface area contributed by atoms with Crippen LogP contribution in [0.15, 0.2) is 41.6 Å². The van der Waals surface area contributed by atoms with Gasteiger partial charge in [0.25, 0.3) is 0 Å². The van der Waals surface area contributed by atoms with Crippen molar-refractivity contribution in [1.29, 1.82) is 0 Å². The van der Waals surface area contributed by atoms with Crippen molar-refractivity contribution in [2.75, 3.05) is 12.9 Å². The fraction of sp³-hybridized carbons (Fsp3) is 0.308. The van der Waals surface area contributed by atoms with E-state index in [9.17, 15) is 8.42 Å². The molecule has 0 atom stereocenters. The summed E-state index contributed by atoms with van der Waals surface area (Å²) in [4.78, 5) is 0.141. The van der Waals surface area contributed by atoms with E-state index < -0.39 is 10.0 Å². The zero-order valence-corrected chi connectivity index (χ0v) is 13.7. The maximum absolute atomic E-state index is 12.5. The summed E-state index contributed by atoms with van der Waals surface area (Å²) in [5.41, 5.74) is 0.749. The van der Waals surface area contributed by atoms with Crippen LogP contribution in [0.3, 0.4) is 0 Å². The third kappa shape index (κ3) is 3.77. The van der Waals surface area contributed by atoms with Gasteiger partial charge in [0, 0.05) is 30.7 Å². The van der Waals surface area contributed by atoms with E-state index in [0.717, 1.165) is 5.56 Å². The highest BCUT2D eigenvalue weighted by atomic mass is 35.5. The Morgan fingerprint density at radius 1 is 1.33 bits per heavy atom. The van der Waals surface area contributed by atoms with Gasteiger partial charge in [-0.3, -0.25) is 4.68 Å².